The lowest BCUT2D eigenvalue weighted by molar-refractivity contribution is 0.375. The van der Waals surface area contributed by atoms with Crippen LogP contribution >= 0.6 is 0 Å². The van der Waals surface area contributed by atoms with Crippen molar-refractivity contribution in [2.45, 2.75) is 38.6 Å². The predicted molar refractivity (Wildman–Crippen MR) is 67.0 cm³/mol. The van der Waals surface area contributed by atoms with Crippen molar-refractivity contribution in [2.75, 3.05) is 13.7 Å². The summed E-state index contributed by atoms with van der Waals surface area (Å²) in [7, 11) is 1.53. The van der Waals surface area contributed by atoms with E-state index in [1.54, 1.807) is 6.07 Å². The zero-order valence-corrected chi connectivity index (χ0v) is 10.7. The molecule has 0 radical (unpaired) electrons. The third-order valence-corrected chi connectivity index (χ3v) is 3.40. The van der Waals surface area contributed by atoms with E-state index < -0.39 is 0 Å². The Hall–Kier alpha value is -1.09. The molecule has 2 nitrogen and oxygen atoms in total. The van der Waals surface area contributed by atoms with Crippen LogP contribution in [0, 0.1) is 5.82 Å². The largest absolute Gasteiger partial charge is 0.493 e. The fourth-order valence-electron chi connectivity index (χ4n) is 2.39. The maximum Gasteiger partial charge on any atom is 0.165 e. The molecule has 3 heteroatoms. The fourth-order valence-corrected chi connectivity index (χ4v) is 2.39. The number of benzene rings is 1. The molecule has 1 heterocycles. The molecular weight excluding hydrogens is 217 g/mol. The zero-order chi connectivity index (χ0) is 12.4. The molecule has 1 aromatic rings. The third-order valence-electron chi connectivity index (χ3n) is 3.40. The summed E-state index contributed by atoms with van der Waals surface area (Å²) in [6.07, 6.45) is 2.19. The van der Waals surface area contributed by atoms with Gasteiger partial charge in [-0.05, 0) is 36.9 Å². The van der Waals surface area contributed by atoms with Crippen molar-refractivity contribution >= 4 is 0 Å². The Morgan fingerprint density at radius 3 is 2.71 bits per heavy atom. The molecule has 1 atom stereocenters. The van der Waals surface area contributed by atoms with E-state index in [2.05, 4.69) is 25.2 Å². The van der Waals surface area contributed by atoms with Crippen molar-refractivity contribution in [3.8, 4) is 5.75 Å². The van der Waals surface area contributed by atoms with Gasteiger partial charge in [0.2, 0.25) is 0 Å². The van der Waals surface area contributed by atoms with Gasteiger partial charge < -0.3 is 10.1 Å². The van der Waals surface area contributed by atoms with Crippen LogP contribution in [0.3, 0.4) is 0 Å². The summed E-state index contributed by atoms with van der Waals surface area (Å²) in [5.74, 6) is 0.478. The number of rotatable bonds is 3. The predicted octanol–water partition coefficient (Wildman–Crippen LogP) is 3.38. The summed E-state index contributed by atoms with van der Waals surface area (Å²) >= 11 is 0. The minimum Gasteiger partial charge on any atom is -0.493 e. The zero-order valence-electron chi connectivity index (χ0n) is 10.7. The first-order valence-corrected chi connectivity index (χ1v) is 6.24. The fraction of sp³-hybridized carbons (Fsp3) is 0.571. The Morgan fingerprint density at radius 2 is 2.18 bits per heavy atom. The number of nitrogens with one attached hydrogen (secondary N) is 1. The molecule has 1 aliphatic rings. The van der Waals surface area contributed by atoms with Gasteiger partial charge in [0.05, 0.1) is 7.11 Å². The van der Waals surface area contributed by atoms with Gasteiger partial charge in [0.1, 0.15) is 0 Å². The van der Waals surface area contributed by atoms with Crippen molar-refractivity contribution in [3.05, 3.63) is 29.1 Å². The van der Waals surface area contributed by atoms with Crippen molar-refractivity contribution in [1.82, 2.24) is 5.32 Å². The summed E-state index contributed by atoms with van der Waals surface area (Å²) in [5.41, 5.74) is 2.00. The lowest BCUT2D eigenvalue weighted by atomic mass is 9.95. The van der Waals surface area contributed by atoms with E-state index in [1.807, 2.05) is 0 Å². The molecule has 0 aromatic heterocycles. The molecule has 1 N–H and O–H groups in total. The first kappa shape index (κ1) is 12.4. The summed E-state index contributed by atoms with van der Waals surface area (Å²) in [6, 6.07) is 3.90. The molecule has 2 rings (SSSR count). The molecule has 0 bridgehead atoms. The van der Waals surface area contributed by atoms with E-state index in [-0.39, 0.29) is 11.9 Å². The molecule has 0 amide bonds. The molecule has 94 valence electrons. The van der Waals surface area contributed by atoms with Gasteiger partial charge >= 0.3 is 0 Å². The maximum absolute atomic E-state index is 14.0. The second kappa shape index (κ2) is 5.05. The smallest absolute Gasteiger partial charge is 0.165 e. The average Bonchev–Trinajstić information content (AvgIpc) is 2.81. The summed E-state index contributed by atoms with van der Waals surface area (Å²) < 4.78 is 19.2. The van der Waals surface area contributed by atoms with Gasteiger partial charge in [-0.1, -0.05) is 19.9 Å². The van der Waals surface area contributed by atoms with E-state index in [4.69, 9.17) is 4.74 Å². The normalized spacial score (nSPS) is 19.9. The summed E-state index contributed by atoms with van der Waals surface area (Å²) in [5, 5.41) is 3.39. The molecule has 1 unspecified atom stereocenters. The minimum absolute atomic E-state index is 0.234. The van der Waals surface area contributed by atoms with E-state index >= 15 is 0 Å². The van der Waals surface area contributed by atoms with Gasteiger partial charge in [0.15, 0.2) is 11.6 Å². The average molecular weight is 237 g/mol. The van der Waals surface area contributed by atoms with E-state index in [1.165, 1.54) is 7.11 Å². The molecular formula is C14H20FNO. The highest BCUT2D eigenvalue weighted by molar-refractivity contribution is 5.42. The molecule has 0 saturated carbocycles. The molecule has 0 spiro atoms. The van der Waals surface area contributed by atoms with E-state index in [0.717, 1.165) is 30.5 Å². The molecule has 1 saturated heterocycles. The second-order valence-electron chi connectivity index (χ2n) is 4.93. The summed E-state index contributed by atoms with van der Waals surface area (Å²) in [6.45, 7) is 5.15. The van der Waals surface area contributed by atoms with Crippen LogP contribution in [0.2, 0.25) is 0 Å². The lowest BCUT2D eigenvalue weighted by Crippen LogP contribution is -2.15. The van der Waals surface area contributed by atoms with Crippen LogP contribution in [-0.4, -0.2) is 13.7 Å². The molecule has 1 aliphatic heterocycles. The topological polar surface area (TPSA) is 21.3 Å². The van der Waals surface area contributed by atoms with Crippen molar-refractivity contribution in [3.63, 3.8) is 0 Å². The van der Waals surface area contributed by atoms with Crippen molar-refractivity contribution in [2.24, 2.45) is 0 Å². The van der Waals surface area contributed by atoms with Gasteiger partial charge in [-0.3, -0.25) is 0 Å². The Balaban J connectivity index is 2.45. The first-order valence-electron chi connectivity index (χ1n) is 6.24. The van der Waals surface area contributed by atoms with Crippen LogP contribution in [0.25, 0.3) is 0 Å². The van der Waals surface area contributed by atoms with Gasteiger partial charge in [-0.2, -0.15) is 0 Å². The Kier molecular flexibility index (Phi) is 3.67. The standard InChI is InChI=1S/C14H20FNO/c1-9(2)10-7-11(13-5-4-6-16-13)14(17-3)12(15)8-10/h7-9,13,16H,4-6H2,1-3H3. The number of ether oxygens (including phenoxy) is 1. The SMILES string of the molecule is COc1c(F)cc(C(C)C)cc1C1CCCN1. The molecule has 0 aliphatic carbocycles. The summed E-state index contributed by atoms with van der Waals surface area (Å²) in [4.78, 5) is 0. The maximum atomic E-state index is 14.0. The lowest BCUT2D eigenvalue weighted by Gasteiger charge is -2.18. The number of methoxy groups -OCH3 is 1. The third kappa shape index (κ3) is 2.44. The highest BCUT2D eigenvalue weighted by Crippen LogP contribution is 2.35. The van der Waals surface area contributed by atoms with Crippen molar-refractivity contribution < 1.29 is 9.13 Å². The highest BCUT2D eigenvalue weighted by Gasteiger charge is 2.23. The Bertz CT molecular complexity index is 397. The number of hydrogen-bond donors (Lipinski definition) is 1. The minimum atomic E-state index is -0.248. The molecule has 17 heavy (non-hydrogen) atoms. The second-order valence-corrected chi connectivity index (χ2v) is 4.93. The van der Waals surface area contributed by atoms with Crippen LogP contribution in [0.15, 0.2) is 12.1 Å². The van der Waals surface area contributed by atoms with Crippen LogP contribution in [0.1, 0.15) is 49.8 Å². The van der Waals surface area contributed by atoms with Gasteiger partial charge in [0, 0.05) is 11.6 Å². The number of hydrogen-bond acceptors (Lipinski definition) is 2. The van der Waals surface area contributed by atoms with Gasteiger partial charge in [-0.25, -0.2) is 4.39 Å². The van der Waals surface area contributed by atoms with Gasteiger partial charge in [0.25, 0.3) is 0 Å². The Morgan fingerprint density at radius 1 is 1.41 bits per heavy atom. The van der Waals surface area contributed by atoms with Crippen molar-refractivity contribution in [1.29, 1.82) is 0 Å². The van der Waals surface area contributed by atoms with Crippen LogP contribution in [0.5, 0.6) is 5.75 Å². The van der Waals surface area contributed by atoms with E-state index in [9.17, 15) is 4.39 Å². The monoisotopic (exact) mass is 237 g/mol. The Labute approximate surface area is 102 Å². The van der Waals surface area contributed by atoms with Gasteiger partial charge in [-0.15, -0.1) is 0 Å². The first-order chi connectivity index (χ1) is 8.13. The van der Waals surface area contributed by atoms with Crippen LogP contribution in [0.4, 0.5) is 4.39 Å². The number of halogens is 1. The molecule has 1 fully saturated rings. The van der Waals surface area contributed by atoms with E-state index in [0.29, 0.717) is 11.7 Å². The molecule has 1 aromatic carbocycles. The quantitative estimate of drug-likeness (QED) is 0.870. The van der Waals surface area contributed by atoms with Crippen LogP contribution < -0.4 is 10.1 Å². The highest BCUT2D eigenvalue weighted by atomic mass is 19.1. The van der Waals surface area contributed by atoms with Crippen LogP contribution in [-0.2, 0) is 0 Å².